The van der Waals surface area contributed by atoms with Crippen molar-refractivity contribution >= 4 is 16.0 Å². The number of carboxylic acid groups (broad SMARTS) is 1. The third kappa shape index (κ3) is 4.97. The molecule has 3 atom stereocenters. The van der Waals surface area contributed by atoms with E-state index in [2.05, 4.69) is 0 Å². The first-order valence-corrected chi connectivity index (χ1v) is 9.87. The first-order valence-electron chi connectivity index (χ1n) is 8.26. The van der Waals surface area contributed by atoms with Gasteiger partial charge in [-0.15, -0.1) is 0 Å². The summed E-state index contributed by atoms with van der Waals surface area (Å²) < 4.78 is 63.4. The number of halogens is 3. The molecule has 9 heteroatoms. The normalized spacial score (nSPS) is 23.1. The van der Waals surface area contributed by atoms with Gasteiger partial charge in [-0.25, -0.2) is 8.42 Å². The van der Waals surface area contributed by atoms with Crippen LogP contribution < -0.4 is 0 Å². The number of hydrogen-bond acceptors (Lipinski definition) is 3. The predicted octanol–water partition coefficient (Wildman–Crippen LogP) is 3.16. The summed E-state index contributed by atoms with van der Waals surface area (Å²) in [5.74, 6) is -3.69. The molecule has 3 unspecified atom stereocenters. The van der Waals surface area contributed by atoms with Crippen molar-refractivity contribution in [2.45, 2.75) is 44.8 Å². The second-order valence-corrected chi connectivity index (χ2v) is 8.87. The molecule has 1 aromatic carbocycles. The zero-order chi connectivity index (χ0) is 19.7. The number of benzene rings is 1. The number of sulfonamides is 1. The highest BCUT2D eigenvalue weighted by atomic mass is 32.2. The van der Waals surface area contributed by atoms with Gasteiger partial charge in [0.05, 0.1) is 5.75 Å². The second kappa shape index (κ2) is 7.56. The summed E-state index contributed by atoms with van der Waals surface area (Å²) in [4.78, 5) is 11.7. The average molecular weight is 393 g/mol. The average Bonchev–Trinajstić information content (AvgIpc) is 2.91. The Balaban J connectivity index is 2.22. The number of aliphatic carboxylic acids is 1. The first-order chi connectivity index (χ1) is 11.9. The predicted molar refractivity (Wildman–Crippen MR) is 90.3 cm³/mol. The van der Waals surface area contributed by atoms with Gasteiger partial charge in [0.1, 0.15) is 6.04 Å². The minimum atomic E-state index is -4.46. The van der Waals surface area contributed by atoms with E-state index in [4.69, 9.17) is 0 Å². The number of carboxylic acids is 1. The molecule has 1 heterocycles. The number of nitrogens with zero attached hydrogens (tertiary/aromatic N) is 1. The Morgan fingerprint density at radius 2 is 1.88 bits per heavy atom. The van der Waals surface area contributed by atoms with Crippen molar-refractivity contribution in [3.8, 4) is 0 Å². The maximum Gasteiger partial charge on any atom is 0.389 e. The molecule has 0 bridgehead atoms. The lowest BCUT2D eigenvalue weighted by Crippen LogP contribution is -2.44. The topological polar surface area (TPSA) is 74.7 Å². The van der Waals surface area contributed by atoms with Gasteiger partial charge in [-0.2, -0.15) is 17.5 Å². The molecule has 0 aliphatic carbocycles. The van der Waals surface area contributed by atoms with Crippen LogP contribution in [0.3, 0.4) is 0 Å². The maximum atomic E-state index is 12.6. The fourth-order valence-electron chi connectivity index (χ4n) is 3.44. The number of aryl methyl sites for hydroxylation is 1. The highest BCUT2D eigenvalue weighted by molar-refractivity contribution is 7.89. The molecule has 0 aromatic heterocycles. The van der Waals surface area contributed by atoms with Crippen LogP contribution in [0.4, 0.5) is 13.2 Å². The van der Waals surface area contributed by atoms with Crippen LogP contribution in [0.1, 0.15) is 36.8 Å². The van der Waals surface area contributed by atoms with Gasteiger partial charge in [0.2, 0.25) is 10.0 Å². The van der Waals surface area contributed by atoms with Gasteiger partial charge < -0.3 is 5.11 Å². The van der Waals surface area contributed by atoms with Crippen LogP contribution in [0.15, 0.2) is 24.3 Å². The van der Waals surface area contributed by atoms with Crippen molar-refractivity contribution in [3.63, 3.8) is 0 Å². The quantitative estimate of drug-likeness (QED) is 0.806. The van der Waals surface area contributed by atoms with E-state index in [0.29, 0.717) is 12.0 Å². The summed E-state index contributed by atoms with van der Waals surface area (Å²) >= 11 is 0. The van der Waals surface area contributed by atoms with E-state index < -0.39 is 52.2 Å². The van der Waals surface area contributed by atoms with Crippen LogP contribution in [0.5, 0.6) is 0 Å². The Labute approximate surface area is 150 Å². The van der Waals surface area contributed by atoms with Crippen molar-refractivity contribution in [2.24, 2.45) is 5.92 Å². The van der Waals surface area contributed by atoms with Crippen molar-refractivity contribution in [3.05, 3.63) is 35.4 Å². The molecule has 1 aromatic rings. The lowest BCUT2D eigenvalue weighted by molar-refractivity contribution is -0.143. The molecule has 0 amide bonds. The molecule has 146 valence electrons. The molecule has 0 spiro atoms. The Morgan fingerprint density at radius 1 is 1.31 bits per heavy atom. The number of carbonyl (C=O) groups is 1. The van der Waals surface area contributed by atoms with E-state index in [0.717, 1.165) is 9.87 Å². The van der Waals surface area contributed by atoms with Gasteiger partial charge in [0.15, 0.2) is 0 Å². The molecule has 1 aliphatic heterocycles. The third-order valence-corrected chi connectivity index (χ3v) is 6.66. The fourth-order valence-corrected chi connectivity index (χ4v) is 5.44. The zero-order valence-corrected chi connectivity index (χ0v) is 15.3. The van der Waals surface area contributed by atoms with Crippen LogP contribution in [0.25, 0.3) is 0 Å². The molecule has 2 rings (SSSR count). The molecule has 1 fully saturated rings. The van der Waals surface area contributed by atoms with Gasteiger partial charge in [-0.3, -0.25) is 4.79 Å². The van der Waals surface area contributed by atoms with Crippen LogP contribution in [0, 0.1) is 12.8 Å². The number of hydrogen-bond donors (Lipinski definition) is 1. The Kier molecular flexibility index (Phi) is 6.02. The standard InChI is InChI=1S/C17H22F3NO4S/c1-11-3-5-13(6-4-11)14-7-8-21(15(14)16(22)23)26(24,25)10-12(2)9-17(18,19)20/h3-6,12,14-15H,7-10H2,1-2H3,(H,22,23). The summed E-state index contributed by atoms with van der Waals surface area (Å²) in [6.45, 7) is 3.07. The monoisotopic (exact) mass is 393 g/mol. The van der Waals surface area contributed by atoms with Gasteiger partial charge >= 0.3 is 12.1 Å². The van der Waals surface area contributed by atoms with Crippen molar-refractivity contribution in [1.29, 1.82) is 0 Å². The Bertz CT molecular complexity index is 746. The lowest BCUT2D eigenvalue weighted by atomic mass is 9.91. The summed E-state index contributed by atoms with van der Waals surface area (Å²) in [7, 11) is -4.12. The molecule has 1 saturated heterocycles. The molecule has 5 nitrogen and oxygen atoms in total. The summed E-state index contributed by atoms with van der Waals surface area (Å²) in [5, 5.41) is 9.57. The minimum absolute atomic E-state index is 0.0173. The molecule has 26 heavy (non-hydrogen) atoms. The SMILES string of the molecule is Cc1ccc(C2CCN(S(=O)(=O)CC(C)CC(F)(F)F)C2C(=O)O)cc1. The molecule has 0 saturated carbocycles. The smallest absolute Gasteiger partial charge is 0.389 e. The van der Waals surface area contributed by atoms with Gasteiger partial charge in [0.25, 0.3) is 0 Å². The third-order valence-electron chi connectivity index (χ3n) is 4.54. The fraction of sp³-hybridized carbons (Fsp3) is 0.588. The van der Waals surface area contributed by atoms with Crippen LogP contribution >= 0.6 is 0 Å². The zero-order valence-electron chi connectivity index (χ0n) is 14.5. The molecule has 0 radical (unpaired) electrons. The van der Waals surface area contributed by atoms with E-state index in [1.807, 2.05) is 19.1 Å². The van der Waals surface area contributed by atoms with Crippen molar-refractivity contribution < 1.29 is 31.5 Å². The van der Waals surface area contributed by atoms with Crippen LogP contribution in [0.2, 0.25) is 0 Å². The van der Waals surface area contributed by atoms with Crippen LogP contribution in [-0.4, -0.2) is 48.3 Å². The van der Waals surface area contributed by atoms with E-state index in [1.54, 1.807) is 12.1 Å². The van der Waals surface area contributed by atoms with E-state index in [1.165, 1.54) is 6.92 Å². The maximum absolute atomic E-state index is 12.6. The van der Waals surface area contributed by atoms with Gasteiger partial charge in [-0.05, 0) is 24.8 Å². The van der Waals surface area contributed by atoms with Crippen LogP contribution in [-0.2, 0) is 14.8 Å². The highest BCUT2D eigenvalue weighted by Gasteiger charge is 2.46. The van der Waals surface area contributed by atoms with E-state index >= 15 is 0 Å². The van der Waals surface area contributed by atoms with E-state index in [-0.39, 0.29) is 6.54 Å². The largest absolute Gasteiger partial charge is 0.480 e. The number of alkyl halides is 3. The highest BCUT2D eigenvalue weighted by Crippen LogP contribution is 2.36. The Morgan fingerprint density at radius 3 is 2.38 bits per heavy atom. The Hall–Kier alpha value is -1.61. The molecular formula is C17H22F3NO4S. The molecule has 1 N–H and O–H groups in total. The van der Waals surface area contributed by atoms with E-state index in [9.17, 15) is 31.5 Å². The first kappa shape index (κ1) is 20.7. The second-order valence-electron chi connectivity index (χ2n) is 6.90. The lowest BCUT2D eigenvalue weighted by Gasteiger charge is -2.26. The van der Waals surface area contributed by atoms with Crippen molar-refractivity contribution in [2.75, 3.05) is 12.3 Å². The van der Waals surface area contributed by atoms with Gasteiger partial charge in [-0.1, -0.05) is 36.8 Å². The number of rotatable bonds is 6. The molecule has 1 aliphatic rings. The summed E-state index contributed by atoms with van der Waals surface area (Å²) in [5.41, 5.74) is 1.70. The summed E-state index contributed by atoms with van der Waals surface area (Å²) in [6.07, 6.45) is -5.37. The van der Waals surface area contributed by atoms with Gasteiger partial charge in [0, 0.05) is 18.9 Å². The minimum Gasteiger partial charge on any atom is -0.480 e. The summed E-state index contributed by atoms with van der Waals surface area (Å²) in [6, 6.07) is 5.85. The van der Waals surface area contributed by atoms with Crippen molar-refractivity contribution in [1.82, 2.24) is 4.31 Å². The molecular weight excluding hydrogens is 371 g/mol.